The van der Waals surface area contributed by atoms with Crippen molar-refractivity contribution in [3.8, 4) is 0 Å². The van der Waals surface area contributed by atoms with Crippen LogP contribution in [0.1, 0.15) is 24.2 Å². The van der Waals surface area contributed by atoms with E-state index in [-0.39, 0.29) is 11.0 Å². The Bertz CT molecular complexity index is 1040. The zero-order valence-corrected chi connectivity index (χ0v) is 15.3. The number of sulfonamides is 1. The highest BCUT2D eigenvalue weighted by molar-refractivity contribution is 7.92. The predicted molar refractivity (Wildman–Crippen MR) is 102 cm³/mol. The number of ether oxygens (including phenoxy) is 1. The number of nitrogens with one attached hydrogen (secondary N) is 1. The topological polar surface area (TPSA) is 72.5 Å². The average molecular weight is 369 g/mol. The molecule has 3 aromatic rings. The third-order valence-corrected chi connectivity index (χ3v) is 5.13. The fourth-order valence-corrected chi connectivity index (χ4v) is 3.60. The molecule has 0 radical (unpaired) electrons. The van der Waals surface area contributed by atoms with Gasteiger partial charge in [-0.15, -0.1) is 0 Å². The molecule has 3 aromatic carbocycles. The van der Waals surface area contributed by atoms with Crippen molar-refractivity contribution in [2.24, 2.45) is 0 Å². The third kappa shape index (κ3) is 4.03. The molecule has 3 rings (SSSR count). The number of rotatable bonds is 5. The molecule has 1 N–H and O–H groups in total. The lowest BCUT2D eigenvalue weighted by Crippen LogP contribution is -2.14. The van der Waals surface area contributed by atoms with Gasteiger partial charge in [0.25, 0.3) is 10.0 Å². The summed E-state index contributed by atoms with van der Waals surface area (Å²) < 4.78 is 32.8. The third-order valence-electron chi connectivity index (χ3n) is 3.75. The Balaban J connectivity index is 1.81. The Labute approximate surface area is 152 Å². The lowest BCUT2D eigenvalue weighted by Gasteiger charge is -2.10. The van der Waals surface area contributed by atoms with Crippen LogP contribution in [0.15, 0.2) is 71.6 Å². The first-order chi connectivity index (χ1) is 12.3. The minimum absolute atomic E-state index is 0.180. The van der Waals surface area contributed by atoms with E-state index in [2.05, 4.69) is 4.72 Å². The summed E-state index contributed by atoms with van der Waals surface area (Å²) in [5.41, 5.74) is 0.742. The van der Waals surface area contributed by atoms with E-state index in [1.807, 2.05) is 24.3 Å². The van der Waals surface area contributed by atoms with Gasteiger partial charge in [0.1, 0.15) is 0 Å². The van der Waals surface area contributed by atoms with Gasteiger partial charge in [-0.3, -0.25) is 4.72 Å². The summed E-state index contributed by atoms with van der Waals surface area (Å²) in [7, 11) is -3.72. The molecule has 0 heterocycles. The average Bonchev–Trinajstić information content (AvgIpc) is 2.61. The predicted octanol–water partition coefficient (Wildman–Crippen LogP) is 4.21. The van der Waals surface area contributed by atoms with Gasteiger partial charge in [0.15, 0.2) is 0 Å². The van der Waals surface area contributed by atoms with Gasteiger partial charge < -0.3 is 4.74 Å². The molecular formula is C20H19NO4S. The fourth-order valence-electron chi connectivity index (χ4n) is 2.51. The van der Waals surface area contributed by atoms with Crippen molar-refractivity contribution >= 4 is 32.5 Å². The van der Waals surface area contributed by atoms with Crippen molar-refractivity contribution < 1.29 is 17.9 Å². The number of hydrogen-bond acceptors (Lipinski definition) is 4. The summed E-state index contributed by atoms with van der Waals surface area (Å²) in [4.78, 5) is 12.0. The minimum atomic E-state index is -3.72. The van der Waals surface area contributed by atoms with Gasteiger partial charge in [0, 0.05) is 5.69 Å². The highest BCUT2D eigenvalue weighted by Gasteiger charge is 2.15. The van der Waals surface area contributed by atoms with E-state index in [0.717, 1.165) is 10.8 Å². The van der Waals surface area contributed by atoms with Crippen LogP contribution in [0.4, 0.5) is 5.69 Å². The molecule has 0 fully saturated rings. The molecule has 0 atom stereocenters. The summed E-state index contributed by atoms with van der Waals surface area (Å²) in [6.45, 7) is 3.54. The van der Waals surface area contributed by atoms with E-state index in [9.17, 15) is 13.2 Å². The van der Waals surface area contributed by atoms with Crippen molar-refractivity contribution in [1.82, 2.24) is 0 Å². The maximum absolute atomic E-state index is 12.6. The number of esters is 1. The van der Waals surface area contributed by atoms with Crippen LogP contribution in [0.3, 0.4) is 0 Å². The minimum Gasteiger partial charge on any atom is -0.459 e. The summed E-state index contributed by atoms with van der Waals surface area (Å²) in [5.74, 6) is -0.441. The monoisotopic (exact) mass is 369 g/mol. The quantitative estimate of drug-likeness (QED) is 0.684. The number of benzene rings is 3. The lowest BCUT2D eigenvalue weighted by molar-refractivity contribution is 0.0378. The second kappa shape index (κ2) is 7.17. The fraction of sp³-hybridized carbons (Fsp3) is 0.150. The summed E-state index contributed by atoms with van der Waals surface area (Å²) in [5, 5.41) is 1.82. The first-order valence-electron chi connectivity index (χ1n) is 8.18. The Morgan fingerprint density at radius 1 is 0.923 bits per heavy atom. The van der Waals surface area contributed by atoms with Crippen molar-refractivity contribution in [1.29, 1.82) is 0 Å². The van der Waals surface area contributed by atoms with Crippen molar-refractivity contribution in [2.75, 3.05) is 4.72 Å². The Kier molecular flexibility index (Phi) is 4.95. The number of hydrogen-bond donors (Lipinski definition) is 1. The smallest absolute Gasteiger partial charge is 0.338 e. The SMILES string of the molecule is CC(C)OC(=O)c1ccc(NS(=O)(=O)c2ccc3ccccc3c2)cc1. The highest BCUT2D eigenvalue weighted by atomic mass is 32.2. The van der Waals surface area contributed by atoms with E-state index in [1.54, 1.807) is 32.0 Å². The van der Waals surface area contributed by atoms with Crippen LogP contribution < -0.4 is 4.72 Å². The van der Waals surface area contributed by atoms with Crippen molar-refractivity contribution in [3.05, 3.63) is 72.3 Å². The Morgan fingerprint density at radius 2 is 1.58 bits per heavy atom. The Hall–Kier alpha value is -2.86. The maximum Gasteiger partial charge on any atom is 0.338 e. The molecule has 0 saturated heterocycles. The maximum atomic E-state index is 12.6. The van der Waals surface area contributed by atoms with Crippen LogP contribution in [0, 0.1) is 0 Å². The molecule has 0 aliphatic rings. The molecule has 0 aromatic heterocycles. The molecule has 5 nitrogen and oxygen atoms in total. The summed E-state index contributed by atoms with van der Waals surface area (Å²) >= 11 is 0. The molecule has 0 aliphatic heterocycles. The standard InChI is InChI=1S/C20H19NO4S/c1-14(2)25-20(22)16-7-10-18(11-8-16)21-26(23,24)19-12-9-15-5-3-4-6-17(15)13-19/h3-14,21H,1-2H3. The zero-order chi connectivity index (χ0) is 18.7. The molecule has 0 saturated carbocycles. The molecule has 0 aliphatic carbocycles. The molecule has 134 valence electrons. The van der Waals surface area contributed by atoms with Gasteiger partial charge in [-0.2, -0.15) is 0 Å². The van der Waals surface area contributed by atoms with E-state index < -0.39 is 16.0 Å². The van der Waals surface area contributed by atoms with Gasteiger partial charge in [0.05, 0.1) is 16.6 Å². The van der Waals surface area contributed by atoms with Crippen molar-refractivity contribution in [2.45, 2.75) is 24.8 Å². The van der Waals surface area contributed by atoms with Crippen LogP contribution in [0.2, 0.25) is 0 Å². The van der Waals surface area contributed by atoms with Crippen LogP contribution in [-0.2, 0) is 14.8 Å². The van der Waals surface area contributed by atoms with Gasteiger partial charge in [-0.05, 0) is 61.0 Å². The van der Waals surface area contributed by atoms with Crippen LogP contribution in [-0.4, -0.2) is 20.5 Å². The van der Waals surface area contributed by atoms with Crippen LogP contribution in [0.5, 0.6) is 0 Å². The van der Waals surface area contributed by atoms with Crippen LogP contribution >= 0.6 is 0 Å². The highest BCUT2D eigenvalue weighted by Crippen LogP contribution is 2.21. The first kappa shape index (κ1) is 17.9. The van der Waals surface area contributed by atoms with E-state index in [4.69, 9.17) is 4.74 Å². The number of fused-ring (bicyclic) bond motifs is 1. The van der Waals surface area contributed by atoms with E-state index in [1.165, 1.54) is 24.3 Å². The molecule has 0 unspecified atom stereocenters. The van der Waals surface area contributed by atoms with Gasteiger partial charge in [-0.25, -0.2) is 13.2 Å². The first-order valence-corrected chi connectivity index (χ1v) is 9.66. The molecule has 0 amide bonds. The lowest BCUT2D eigenvalue weighted by atomic mass is 10.1. The normalized spacial score (nSPS) is 11.5. The second-order valence-corrected chi connectivity index (χ2v) is 7.83. The molecule has 26 heavy (non-hydrogen) atoms. The van der Waals surface area contributed by atoms with E-state index in [0.29, 0.717) is 11.3 Å². The number of carbonyl (C=O) groups excluding carboxylic acids is 1. The summed E-state index contributed by atoms with van der Waals surface area (Å²) in [6.07, 6.45) is -0.214. The van der Waals surface area contributed by atoms with Gasteiger partial charge >= 0.3 is 5.97 Å². The summed E-state index contributed by atoms with van der Waals surface area (Å²) in [6, 6.07) is 18.7. The molecule has 0 spiro atoms. The van der Waals surface area contributed by atoms with E-state index >= 15 is 0 Å². The largest absolute Gasteiger partial charge is 0.459 e. The zero-order valence-electron chi connectivity index (χ0n) is 14.5. The molecule has 0 bridgehead atoms. The number of carbonyl (C=O) groups is 1. The number of anilines is 1. The Morgan fingerprint density at radius 3 is 2.23 bits per heavy atom. The van der Waals surface area contributed by atoms with Crippen LogP contribution in [0.25, 0.3) is 10.8 Å². The van der Waals surface area contributed by atoms with Crippen molar-refractivity contribution in [3.63, 3.8) is 0 Å². The molecular weight excluding hydrogens is 350 g/mol. The molecule has 6 heteroatoms. The second-order valence-electron chi connectivity index (χ2n) is 6.15. The van der Waals surface area contributed by atoms with Gasteiger partial charge in [0.2, 0.25) is 0 Å². The van der Waals surface area contributed by atoms with Gasteiger partial charge in [-0.1, -0.05) is 30.3 Å².